The van der Waals surface area contributed by atoms with Gasteiger partial charge in [0.2, 0.25) is 0 Å². The fraction of sp³-hybridized carbons (Fsp3) is 0.375. The average molecular weight is 487 g/mol. The zero-order valence-corrected chi connectivity index (χ0v) is 19.6. The van der Waals surface area contributed by atoms with Crippen molar-refractivity contribution in [1.82, 2.24) is 29.2 Å². The first-order valence-corrected chi connectivity index (χ1v) is 12.3. The van der Waals surface area contributed by atoms with Gasteiger partial charge in [0, 0.05) is 5.69 Å². The molecule has 0 N–H and O–H groups in total. The number of halogens is 3. The van der Waals surface area contributed by atoms with Crippen molar-refractivity contribution in [1.29, 1.82) is 0 Å². The molecule has 1 atom stereocenters. The SMILES string of the molecule is CC(c1nnc(SCc2nc3ccccc3n2C(F)F)n1-c1ccc(F)cc1)N1CCCCC1. The molecule has 3 heterocycles. The Morgan fingerprint density at radius 3 is 2.44 bits per heavy atom. The molecule has 0 saturated carbocycles. The van der Waals surface area contributed by atoms with Crippen LogP contribution in [0.2, 0.25) is 0 Å². The van der Waals surface area contributed by atoms with Crippen LogP contribution in [0.1, 0.15) is 50.4 Å². The summed E-state index contributed by atoms with van der Waals surface area (Å²) in [7, 11) is 0. The minimum absolute atomic E-state index is 0.0119. The lowest BCUT2D eigenvalue weighted by atomic mass is 10.1. The summed E-state index contributed by atoms with van der Waals surface area (Å²) in [6.07, 6.45) is 3.50. The number of rotatable bonds is 7. The first kappa shape index (κ1) is 22.9. The Morgan fingerprint density at radius 2 is 1.71 bits per heavy atom. The van der Waals surface area contributed by atoms with Crippen LogP contribution >= 0.6 is 11.8 Å². The molecule has 4 aromatic rings. The molecule has 34 heavy (non-hydrogen) atoms. The normalized spacial score (nSPS) is 15.9. The molecule has 1 aliphatic heterocycles. The predicted molar refractivity (Wildman–Crippen MR) is 126 cm³/mol. The van der Waals surface area contributed by atoms with Crippen molar-refractivity contribution >= 4 is 22.8 Å². The molecule has 1 saturated heterocycles. The summed E-state index contributed by atoms with van der Waals surface area (Å²) in [6, 6.07) is 13.0. The first-order valence-electron chi connectivity index (χ1n) is 11.3. The van der Waals surface area contributed by atoms with Gasteiger partial charge >= 0.3 is 6.55 Å². The number of hydrogen-bond acceptors (Lipinski definition) is 5. The molecule has 10 heteroatoms. The molecule has 0 radical (unpaired) electrons. The number of alkyl halides is 2. The monoisotopic (exact) mass is 486 g/mol. The molecular weight excluding hydrogens is 461 g/mol. The smallest absolute Gasteiger partial charge is 0.294 e. The number of nitrogens with zero attached hydrogens (tertiary/aromatic N) is 6. The van der Waals surface area contributed by atoms with Crippen molar-refractivity contribution in [3.05, 3.63) is 66.0 Å². The molecule has 0 amide bonds. The topological polar surface area (TPSA) is 51.8 Å². The van der Waals surface area contributed by atoms with Gasteiger partial charge in [-0.15, -0.1) is 10.2 Å². The second-order valence-corrected chi connectivity index (χ2v) is 9.32. The predicted octanol–water partition coefficient (Wildman–Crippen LogP) is 5.99. The van der Waals surface area contributed by atoms with Crippen LogP contribution < -0.4 is 0 Å². The summed E-state index contributed by atoms with van der Waals surface area (Å²) >= 11 is 1.29. The summed E-state index contributed by atoms with van der Waals surface area (Å²) in [5.41, 5.74) is 1.65. The molecule has 1 fully saturated rings. The van der Waals surface area contributed by atoms with Gasteiger partial charge in [-0.2, -0.15) is 8.78 Å². The highest BCUT2D eigenvalue weighted by Gasteiger charge is 2.26. The van der Waals surface area contributed by atoms with E-state index in [1.54, 1.807) is 36.4 Å². The Kier molecular flexibility index (Phi) is 6.60. The highest BCUT2D eigenvalue weighted by atomic mass is 32.2. The minimum atomic E-state index is -2.70. The molecule has 0 bridgehead atoms. The molecule has 178 valence electrons. The first-order chi connectivity index (χ1) is 16.5. The number of thioether (sulfide) groups is 1. The number of para-hydroxylation sites is 2. The summed E-state index contributed by atoms with van der Waals surface area (Å²) in [5.74, 6) is 0.873. The molecule has 0 spiro atoms. The Balaban J connectivity index is 1.49. The molecule has 0 aliphatic carbocycles. The number of fused-ring (bicyclic) bond motifs is 1. The zero-order chi connectivity index (χ0) is 23.7. The molecule has 5 rings (SSSR count). The summed E-state index contributed by atoms with van der Waals surface area (Å²) in [4.78, 5) is 6.80. The fourth-order valence-electron chi connectivity index (χ4n) is 4.49. The van der Waals surface area contributed by atoms with Crippen molar-refractivity contribution in [3.63, 3.8) is 0 Å². The van der Waals surface area contributed by atoms with Gasteiger partial charge in [-0.1, -0.05) is 30.3 Å². The van der Waals surface area contributed by atoms with E-state index in [0.29, 0.717) is 16.2 Å². The van der Waals surface area contributed by atoms with Crippen molar-refractivity contribution in [2.75, 3.05) is 13.1 Å². The third kappa shape index (κ3) is 4.44. The lowest BCUT2D eigenvalue weighted by Crippen LogP contribution is -2.33. The fourth-order valence-corrected chi connectivity index (χ4v) is 5.38. The van der Waals surface area contributed by atoms with Crippen molar-refractivity contribution < 1.29 is 13.2 Å². The number of likely N-dealkylation sites (tertiary alicyclic amines) is 1. The molecule has 2 aromatic heterocycles. The van der Waals surface area contributed by atoms with Crippen LogP contribution in [0.25, 0.3) is 16.7 Å². The number of piperidine rings is 1. The molecule has 2 aromatic carbocycles. The molecule has 1 unspecified atom stereocenters. The van der Waals surface area contributed by atoms with Crippen LogP contribution in [-0.2, 0) is 5.75 Å². The second-order valence-electron chi connectivity index (χ2n) is 8.38. The van der Waals surface area contributed by atoms with E-state index < -0.39 is 6.55 Å². The van der Waals surface area contributed by atoms with Gasteiger partial charge in [-0.25, -0.2) is 9.37 Å². The van der Waals surface area contributed by atoms with Crippen LogP contribution in [0, 0.1) is 5.82 Å². The lowest BCUT2D eigenvalue weighted by Gasteiger charge is -2.31. The van der Waals surface area contributed by atoms with Crippen molar-refractivity contribution in [3.8, 4) is 5.69 Å². The maximum absolute atomic E-state index is 13.9. The summed E-state index contributed by atoms with van der Waals surface area (Å²) in [5, 5.41) is 9.44. The van der Waals surface area contributed by atoms with Crippen molar-refractivity contribution in [2.45, 2.75) is 49.7 Å². The zero-order valence-electron chi connectivity index (χ0n) is 18.7. The van der Waals surface area contributed by atoms with Gasteiger partial charge < -0.3 is 0 Å². The van der Waals surface area contributed by atoms with E-state index in [0.717, 1.165) is 42.0 Å². The van der Waals surface area contributed by atoms with E-state index >= 15 is 0 Å². The maximum atomic E-state index is 13.9. The largest absolute Gasteiger partial charge is 0.320 e. The standard InChI is InChI=1S/C24H25F3N6S/c1-16(31-13-5-2-6-14-31)22-29-30-24(32(22)18-11-9-17(25)10-12-18)34-15-21-28-19-7-3-4-8-20(19)33(21)23(26)27/h3-4,7-12,16,23H,2,5-6,13-15H2,1H3. The van der Waals surface area contributed by atoms with E-state index in [-0.39, 0.29) is 23.4 Å². The number of imidazole rings is 1. The van der Waals surface area contributed by atoms with Gasteiger partial charge in [0.15, 0.2) is 11.0 Å². The van der Waals surface area contributed by atoms with Gasteiger partial charge in [0.25, 0.3) is 0 Å². The van der Waals surface area contributed by atoms with Gasteiger partial charge in [0.1, 0.15) is 11.6 Å². The molecular formula is C24H25F3N6S. The Bertz CT molecular complexity index is 1260. The highest BCUT2D eigenvalue weighted by molar-refractivity contribution is 7.98. The van der Waals surface area contributed by atoms with Crippen LogP contribution in [-0.4, -0.2) is 42.3 Å². The molecule has 6 nitrogen and oxygen atoms in total. The van der Waals surface area contributed by atoms with Gasteiger partial charge in [-0.05, 0) is 69.3 Å². The third-order valence-electron chi connectivity index (χ3n) is 6.25. The molecule has 1 aliphatic rings. The Labute approximate surface area is 199 Å². The number of aromatic nitrogens is 5. The van der Waals surface area contributed by atoms with E-state index in [2.05, 4.69) is 27.0 Å². The van der Waals surface area contributed by atoms with Crippen LogP contribution in [0.3, 0.4) is 0 Å². The number of hydrogen-bond donors (Lipinski definition) is 0. The quantitative estimate of drug-likeness (QED) is 0.300. The maximum Gasteiger partial charge on any atom is 0.320 e. The summed E-state index contributed by atoms with van der Waals surface area (Å²) in [6.45, 7) is 1.36. The van der Waals surface area contributed by atoms with E-state index in [4.69, 9.17) is 0 Å². The van der Waals surface area contributed by atoms with Crippen LogP contribution in [0.4, 0.5) is 13.2 Å². The van der Waals surface area contributed by atoms with Crippen LogP contribution in [0.5, 0.6) is 0 Å². The van der Waals surface area contributed by atoms with Gasteiger partial charge in [-0.3, -0.25) is 14.0 Å². The summed E-state index contributed by atoms with van der Waals surface area (Å²) < 4.78 is 44.2. The highest BCUT2D eigenvalue weighted by Crippen LogP contribution is 2.32. The van der Waals surface area contributed by atoms with Gasteiger partial charge in [0.05, 0.1) is 22.8 Å². The Hall–Kier alpha value is -2.85. The average Bonchev–Trinajstić information content (AvgIpc) is 3.44. The number of benzene rings is 2. The lowest BCUT2D eigenvalue weighted by molar-refractivity contribution is 0.0722. The Morgan fingerprint density at radius 1 is 0.971 bits per heavy atom. The van der Waals surface area contributed by atoms with Crippen LogP contribution in [0.15, 0.2) is 53.7 Å². The van der Waals surface area contributed by atoms with Crippen molar-refractivity contribution in [2.24, 2.45) is 0 Å². The van der Waals surface area contributed by atoms with E-state index in [9.17, 15) is 13.2 Å². The third-order valence-corrected chi connectivity index (χ3v) is 7.17. The van der Waals surface area contributed by atoms with E-state index in [1.807, 2.05) is 4.57 Å². The minimum Gasteiger partial charge on any atom is -0.294 e. The second kappa shape index (κ2) is 9.79. The van der Waals surface area contributed by atoms with E-state index in [1.165, 1.54) is 30.3 Å².